The second kappa shape index (κ2) is 17.1. The van der Waals surface area contributed by atoms with Crippen molar-refractivity contribution in [2.75, 3.05) is 6.61 Å². The summed E-state index contributed by atoms with van der Waals surface area (Å²) < 4.78 is 45.7. The first-order valence-electron chi connectivity index (χ1n) is 5.93. The number of hydrogen-bond donors (Lipinski definition) is 4. The number of rotatable bonds is 6. The Morgan fingerprint density at radius 1 is 0.900 bits per heavy atom. The molecule has 0 aromatic rings. The van der Waals surface area contributed by atoms with E-state index in [-0.39, 0.29) is 5.60 Å². The molecular weight excluding hydrogens is 312 g/mol. The fourth-order valence-corrected chi connectivity index (χ4v) is 0.806. The van der Waals surface area contributed by atoms with Gasteiger partial charge >= 0.3 is 0 Å². The van der Waals surface area contributed by atoms with Crippen molar-refractivity contribution in [1.29, 1.82) is 0 Å². The molecular formula is C10H26O8S2. The molecule has 8 nitrogen and oxygen atoms in total. The molecule has 0 rings (SSSR count). The summed E-state index contributed by atoms with van der Waals surface area (Å²) >= 11 is -5.22. The molecule has 0 unspecified atom stereocenters. The van der Waals surface area contributed by atoms with Gasteiger partial charge < -0.3 is 0 Å². The Bertz CT molecular complexity index is 222. The van der Waals surface area contributed by atoms with Gasteiger partial charge in [0.15, 0.2) is 0 Å². The number of hydrogen-bond acceptors (Lipinski definition) is 4. The van der Waals surface area contributed by atoms with Crippen molar-refractivity contribution in [3.63, 3.8) is 0 Å². The van der Waals surface area contributed by atoms with Gasteiger partial charge in [-0.2, -0.15) is 8.42 Å². The van der Waals surface area contributed by atoms with Crippen molar-refractivity contribution in [3.8, 4) is 0 Å². The molecule has 0 aliphatic rings. The molecule has 0 fully saturated rings. The summed E-state index contributed by atoms with van der Waals surface area (Å²) in [6.45, 7) is 8.88. The fraction of sp³-hybridized carbons (Fsp3) is 1.00. The van der Waals surface area contributed by atoms with E-state index in [0.717, 1.165) is 13.0 Å². The molecule has 0 saturated carbocycles. The topological polar surface area (TPSA) is 134 Å². The van der Waals surface area contributed by atoms with Crippen molar-refractivity contribution < 1.29 is 36.4 Å². The SMILES string of the molecule is CCCCCCOOC(C)(C)C.O=S(O)O.O=S(O)O. The molecule has 0 aromatic heterocycles. The average Bonchev–Trinajstić information content (AvgIpc) is 2.20. The lowest BCUT2D eigenvalue weighted by atomic mass is 10.2. The maximum absolute atomic E-state index is 8.67. The third kappa shape index (κ3) is 64.0. The lowest BCUT2D eigenvalue weighted by Crippen LogP contribution is -2.19. The van der Waals surface area contributed by atoms with E-state index in [1.807, 2.05) is 20.8 Å². The Kier molecular flexibility index (Phi) is 21.4. The third-order valence-electron chi connectivity index (χ3n) is 1.39. The predicted octanol–water partition coefficient (Wildman–Crippen LogP) is 2.68. The van der Waals surface area contributed by atoms with Gasteiger partial charge in [-0.3, -0.25) is 18.2 Å². The smallest absolute Gasteiger partial charge is 0.284 e. The largest absolute Gasteiger partial charge is 0.299 e. The van der Waals surface area contributed by atoms with Crippen LogP contribution in [-0.4, -0.2) is 38.8 Å². The highest BCUT2D eigenvalue weighted by Crippen LogP contribution is 2.08. The summed E-state index contributed by atoms with van der Waals surface area (Å²) in [4.78, 5) is 10.2. The van der Waals surface area contributed by atoms with Crippen LogP contribution in [-0.2, 0) is 32.5 Å². The quantitative estimate of drug-likeness (QED) is 0.251. The van der Waals surface area contributed by atoms with Crippen LogP contribution >= 0.6 is 0 Å². The van der Waals surface area contributed by atoms with E-state index >= 15 is 0 Å². The summed E-state index contributed by atoms with van der Waals surface area (Å²) in [7, 11) is 0. The molecule has 0 heterocycles. The molecule has 10 heteroatoms. The van der Waals surface area contributed by atoms with Crippen LogP contribution in [0.3, 0.4) is 0 Å². The maximum Gasteiger partial charge on any atom is 0.299 e. The van der Waals surface area contributed by atoms with Crippen LogP contribution in [0.25, 0.3) is 0 Å². The van der Waals surface area contributed by atoms with Gasteiger partial charge in [0, 0.05) is 0 Å². The fourth-order valence-electron chi connectivity index (χ4n) is 0.806. The Morgan fingerprint density at radius 3 is 1.60 bits per heavy atom. The van der Waals surface area contributed by atoms with E-state index in [1.54, 1.807) is 0 Å². The Labute approximate surface area is 125 Å². The van der Waals surface area contributed by atoms with Crippen molar-refractivity contribution in [2.45, 2.75) is 59.0 Å². The van der Waals surface area contributed by atoms with Gasteiger partial charge in [0.1, 0.15) is 0 Å². The van der Waals surface area contributed by atoms with Crippen LogP contribution < -0.4 is 0 Å². The van der Waals surface area contributed by atoms with Gasteiger partial charge in [-0.05, 0) is 27.2 Å². The van der Waals surface area contributed by atoms with E-state index in [1.165, 1.54) is 19.3 Å². The second-order valence-electron chi connectivity index (χ2n) is 4.54. The van der Waals surface area contributed by atoms with Crippen molar-refractivity contribution in [3.05, 3.63) is 0 Å². The Balaban J connectivity index is -0.000000297. The molecule has 0 aliphatic carbocycles. The van der Waals surface area contributed by atoms with Crippen molar-refractivity contribution in [2.24, 2.45) is 0 Å². The van der Waals surface area contributed by atoms with Gasteiger partial charge in [-0.1, -0.05) is 26.2 Å². The van der Waals surface area contributed by atoms with E-state index in [2.05, 4.69) is 6.92 Å². The molecule has 0 saturated heterocycles. The highest BCUT2D eigenvalue weighted by molar-refractivity contribution is 7.73. The van der Waals surface area contributed by atoms with Crippen molar-refractivity contribution in [1.82, 2.24) is 0 Å². The van der Waals surface area contributed by atoms with E-state index in [0.29, 0.717) is 0 Å². The highest BCUT2D eigenvalue weighted by Gasteiger charge is 2.10. The molecule has 0 atom stereocenters. The first-order chi connectivity index (χ1) is 9.02. The predicted molar refractivity (Wildman–Crippen MR) is 77.7 cm³/mol. The molecule has 0 amide bonds. The summed E-state index contributed by atoms with van der Waals surface area (Å²) in [6, 6.07) is 0. The average molecular weight is 338 g/mol. The molecule has 126 valence electrons. The van der Waals surface area contributed by atoms with Crippen LogP contribution in [0.2, 0.25) is 0 Å². The maximum atomic E-state index is 8.67. The van der Waals surface area contributed by atoms with Gasteiger partial charge in [-0.25, -0.2) is 9.78 Å². The van der Waals surface area contributed by atoms with Crippen LogP contribution in [0.5, 0.6) is 0 Å². The Hall–Kier alpha value is 0.0600. The highest BCUT2D eigenvalue weighted by atomic mass is 32.2. The second-order valence-corrected chi connectivity index (χ2v) is 5.46. The van der Waals surface area contributed by atoms with Gasteiger partial charge in [-0.15, -0.1) is 0 Å². The summed E-state index contributed by atoms with van der Waals surface area (Å²) in [5.74, 6) is 0. The monoisotopic (exact) mass is 338 g/mol. The van der Waals surface area contributed by atoms with Gasteiger partial charge in [0.05, 0.1) is 12.2 Å². The van der Waals surface area contributed by atoms with E-state index in [9.17, 15) is 0 Å². The summed E-state index contributed by atoms with van der Waals surface area (Å²) in [5, 5.41) is 0. The normalized spacial score (nSPS) is 10.7. The third-order valence-corrected chi connectivity index (χ3v) is 1.39. The molecule has 0 spiro atoms. The molecule has 20 heavy (non-hydrogen) atoms. The lowest BCUT2D eigenvalue weighted by Gasteiger charge is -2.17. The molecule has 0 aliphatic heterocycles. The Morgan fingerprint density at radius 2 is 1.30 bits per heavy atom. The zero-order valence-electron chi connectivity index (χ0n) is 12.3. The lowest BCUT2D eigenvalue weighted by molar-refractivity contribution is -0.348. The van der Waals surface area contributed by atoms with Crippen LogP contribution in [0.1, 0.15) is 53.4 Å². The molecule has 0 bridgehead atoms. The summed E-state index contributed by atoms with van der Waals surface area (Å²) in [5.41, 5.74) is -0.176. The zero-order valence-corrected chi connectivity index (χ0v) is 13.9. The van der Waals surface area contributed by atoms with Crippen LogP contribution in [0.4, 0.5) is 0 Å². The summed E-state index contributed by atoms with van der Waals surface area (Å²) in [6.07, 6.45) is 4.90. The van der Waals surface area contributed by atoms with Crippen LogP contribution in [0.15, 0.2) is 0 Å². The molecule has 0 radical (unpaired) electrons. The van der Waals surface area contributed by atoms with E-state index < -0.39 is 22.7 Å². The van der Waals surface area contributed by atoms with E-state index in [4.69, 9.17) is 36.4 Å². The zero-order chi connectivity index (χ0) is 16.6. The van der Waals surface area contributed by atoms with Crippen LogP contribution in [0, 0.1) is 0 Å². The molecule has 0 aromatic carbocycles. The van der Waals surface area contributed by atoms with Gasteiger partial charge in [0.25, 0.3) is 22.7 Å². The minimum atomic E-state index is -2.61. The first kappa shape index (κ1) is 25.0. The minimum Gasteiger partial charge on any atom is -0.284 e. The molecule has 4 N–H and O–H groups in total. The first-order valence-corrected chi connectivity index (χ1v) is 8.06. The standard InChI is InChI=1S/C10H22O2.2H2O3S/c1-5-6-7-8-9-11-12-10(2,3)4;2*1-4(2)3/h5-9H2,1-4H3;2*(H2,1,2,3). The minimum absolute atomic E-state index is 0.176. The van der Waals surface area contributed by atoms with Gasteiger partial charge in [0.2, 0.25) is 0 Å². The number of unbranched alkanes of at least 4 members (excludes halogenated alkanes) is 3. The van der Waals surface area contributed by atoms with Crippen molar-refractivity contribution >= 4 is 22.7 Å².